The van der Waals surface area contributed by atoms with Crippen LogP contribution in [0.2, 0.25) is 0 Å². The lowest BCUT2D eigenvalue weighted by Gasteiger charge is -2.19. The van der Waals surface area contributed by atoms with Gasteiger partial charge >= 0.3 is 11.9 Å². The van der Waals surface area contributed by atoms with E-state index in [2.05, 4.69) is 10.2 Å². The van der Waals surface area contributed by atoms with Gasteiger partial charge in [-0.1, -0.05) is 11.6 Å². The Morgan fingerprint density at radius 2 is 1.45 bits per heavy atom. The van der Waals surface area contributed by atoms with E-state index in [1.54, 1.807) is 13.8 Å². The Morgan fingerprint density at radius 1 is 1.00 bits per heavy atom. The molecule has 7 nitrogen and oxygen atoms in total. The summed E-state index contributed by atoms with van der Waals surface area (Å²) in [5.41, 5.74) is 1.11. The maximum atomic E-state index is 12.7. The molecule has 128 valence electrons. The predicted molar refractivity (Wildman–Crippen MR) is 85.8 cm³/mol. The second kappa shape index (κ2) is 11.4. The minimum atomic E-state index is -3.08. The summed E-state index contributed by atoms with van der Waals surface area (Å²) in [6.07, 6.45) is 2.81. The molecule has 0 heterocycles. The predicted octanol–water partition coefficient (Wildman–Crippen LogP) is 1.84. The van der Waals surface area contributed by atoms with E-state index in [9.17, 15) is 14.2 Å². The van der Waals surface area contributed by atoms with Gasteiger partial charge in [0.05, 0.1) is 13.2 Å². The summed E-state index contributed by atoms with van der Waals surface area (Å²) in [6, 6.07) is 0. The topological polar surface area (TPSA) is 93.7 Å². The van der Waals surface area contributed by atoms with Crippen LogP contribution in [0.3, 0.4) is 0 Å². The van der Waals surface area contributed by atoms with Crippen molar-refractivity contribution in [2.24, 2.45) is 0 Å². The van der Waals surface area contributed by atoms with Gasteiger partial charge in [-0.3, -0.25) is 14.2 Å². The summed E-state index contributed by atoms with van der Waals surface area (Å²) >= 11 is 0. The lowest BCUT2D eigenvalue weighted by atomic mass is 10.3. The van der Waals surface area contributed by atoms with Gasteiger partial charge in [0, 0.05) is 6.16 Å². The van der Waals surface area contributed by atoms with Crippen molar-refractivity contribution in [1.82, 2.24) is 10.2 Å². The fourth-order valence-electron chi connectivity index (χ4n) is 1.56. The molecule has 0 bridgehead atoms. The Balaban J connectivity index is 4.59. The molecule has 0 aliphatic heterocycles. The number of hydrogen-bond acceptors (Lipinski definition) is 5. The highest BCUT2D eigenvalue weighted by atomic mass is 31.2. The molecule has 0 saturated heterocycles. The first-order chi connectivity index (χ1) is 10.3. The quantitative estimate of drug-likeness (QED) is 0.338. The molecule has 2 N–H and O–H groups in total. The first-order valence-electron chi connectivity index (χ1n) is 7.37. The Morgan fingerprint density at radius 3 is 1.82 bits per heavy atom. The summed E-state index contributed by atoms with van der Waals surface area (Å²) < 4.78 is 22.3. The lowest BCUT2D eigenvalue weighted by molar-refractivity contribution is -0.142. The highest BCUT2D eigenvalue weighted by Gasteiger charge is 2.23. The zero-order valence-electron chi connectivity index (χ0n) is 13.8. The fraction of sp³-hybridized carbons (Fsp3) is 0.714. The number of carbonyl (C=O) groups excluding carboxylic acids is 2. The Labute approximate surface area is 132 Å². The normalized spacial score (nSPS) is 10.9. The van der Waals surface area contributed by atoms with E-state index in [0.29, 0.717) is 6.42 Å². The first kappa shape index (κ1) is 20.8. The third-order valence-electron chi connectivity index (χ3n) is 2.56. The number of rotatable bonds is 11. The number of ether oxygens (including phenoxy) is 2. The van der Waals surface area contributed by atoms with E-state index in [1.807, 2.05) is 19.9 Å². The van der Waals surface area contributed by atoms with Crippen LogP contribution in [-0.2, 0) is 23.6 Å². The van der Waals surface area contributed by atoms with E-state index in [1.165, 1.54) is 0 Å². The monoisotopic (exact) mass is 334 g/mol. The summed E-state index contributed by atoms with van der Waals surface area (Å²) in [6.45, 7) is 7.48. The highest BCUT2D eigenvalue weighted by molar-refractivity contribution is 7.59. The summed E-state index contributed by atoms with van der Waals surface area (Å²) in [4.78, 5) is 22.8. The van der Waals surface area contributed by atoms with Gasteiger partial charge in [-0.2, -0.15) is 0 Å². The van der Waals surface area contributed by atoms with Gasteiger partial charge in [0.1, 0.15) is 13.1 Å². The number of esters is 2. The minimum absolute atomic E-state index is 0.171. The van der Waals surface area contributed by atoms with Crippen LogP contribution < -0.4 is 10.2 Å². The van der Waals surface area contributed by atoms with Crippen LogP contribution in [-0.4, -0.2) is 44.4 Å². The van der Waals surface area contributed by atoms with Gasteiger partial charge in [-0.05, 0) is 34.1 Å². The average Bonchev–Trinajstić information content (AvgIpc) is 2.44. The number of hydrogen-bond donors (Lipinski definition) is 2. The smallest absolute Gasteiger partial charge is 0.320 e. The van der Waals surface area contributed by atoms with Crippen LogP contribution >= 0.6 is 7.44 Å². The molecule has 0 amide bonds. The van der Waals surface area contributed by atoms with Crippen molar-refractivity contribution in [3.63, 3.8) is 0 Å². The van der Waals surface area contributed by atoms with Gasteiger partial charge < -0.3 is 9.47 Å². The molecule has 0 aromatic heterocycles. The van der Waals surface area contributed by atoms with E-state index in [4.69, 9.17) is 9.47 Å². The molecule has 0 rings (SSSR count). The molecule has 0 aromatic carbocycles. The van der Waals surface area contributed by atoms with Crippen LogP contribution in [0.25, 0.3) is 0 Å². The van der Waals surface area contributed by atoms with Crippen molar-refractivity contribution >= 4 is 19.4 Å². The Bertz CT molecular complexity index is 407. The molecule has 22 heavy (non-hydrogen) atoms. The largest absolute Gasteiger partial charge is 0.465 e. The van der Waals surface area contributed by atoms with Crippen molar-refractivity contribution in [1.29, 1.82) is 0 Å². The van der Waals surface area contributed by atoms with Gasteiger partial charge in [-0.15, -0.1) is 0 Å². The highest BCUT2D eigenvalue weighted by Crippen LogP contribution is 2.36. The van der Waals surface area contributed by atoms with Gasteiger partial charge in [0.15, 0.2) is 0 Å². The van der Waals surface area contributed by atoms with Crippen LogP contribution in [0, 0.1) is 0 Å². The van der Waals surface area contributed by atoms with Crippen LogP contribution in [0.5, 0.6) is 0 Å². The molecule has 8 heteroatoms. The van der Waals surface area contributed by atoms with Crippen LogP contribution in [0.1, 0.15) is 34.1 Å². The van der Waals surface area contributed by atoms with Crippen molar-refractivity contribution in [3.8, 4) is 0 Å². The summed E-state index contributed by atoms with van der Waals surface area (Å²) in [5.74, 6) is -0.967. The molecule has 0 radical (unpaired) electrons. The van der Waals surface area contributed by atoms with Crippen LogP contribution in [0.4, 0.5) is 0 Å². The first-order valence-corrected chi connectivity index (χ1v) is 9.26. The number of allylic oxidation sites excluding steroid dienone is 2. The molecular weight excluding hydrogens is 307 g/mol. The second-order valence-electron chi connectivity index (χ2n) is 4.81. The zero-order valence-corrected chi connectivity index (χ0v) is 14.7. The maximum absolute atomic E-state index is 12.7. The molecule has 0 saturated carbocycles. The second-order valence-corrected chi connectivity index (χ2v) is 7.37. The molecule has 0 fully saturated rings. The zero-order chi connectivity index (χ0) is 17.0. The van der Waals surface area contributed by atoms with E-state index < -0.39 is 19.4 Å². The molecule has 0 spiro atoms. The molecule has 0 aromatic rings. The maximum Gasteiger partial charge on any atom is 0.320 e. The van der Waals surface area contributed by atoms with Gasteiger partial charge in [0.25, 0.3) is 0 Å². The Hall–Kier alpha value is -1.17. The third-order valence-corrected chi connectivity index (χ3v) is 4.79. The number of nitrogens with one attached hydrogen (secondary N) is 2. The number of carbonyl (C=O) groups is 2. The fourth-order valence-corrected chi connectivity index (χ4v) is 3.25. The molecule has 0 unspecified atom stereocenters. The average molecular weight is 334 g/mol. The van der Waals surface area contributed by atoms with E-state index in [0.717, 1.165) is 5.57 Å². The third kappa shape index (κ3) is 10.5. The van der Waals surface area contributed by atoms with Crippen molar-refractivity contribution < 1.29 is 23.6 Å². The van der Waals surface area contributed by atoms with E-state index >= 15 is 0 Å². The Kier molecular flexibility index (Phi) is 10.8. The molecule has 0 atom stereocenters. The summed E-state index contributed by atoms with van der Waals surface area (Å²) in [5, 5.41) is 5.37. The summed E-state index contributed by atoms with van der Waals surface area (Å²) in [7, 11) is -3.08. The van der Waals surface area contributed by atoms with Crippen molar-refractivity contribution in [2.75, 3.05) is 32.5 Å². The molecular formula is C14H27N2O5P. The SMILES string of the molecule is CCOC(=O)CNP(=O)(CCC=C(C)C)NCC(=O)OCC. The molecule has 0 aliphatic carbocycles. The standard InChI is InChI=1S/C14H27N2O5P/c1-5-20-13(17)10-15-22(19,9-7-8-12(3)4)16-11-14(18)21-6-2/h8H,5-7,9-11H2,1-4H3,(H2,15,16,19). The van der Waals surface area contributed by atoms with Crippen LogP contribution in [0.15, 0.2) is 11.6 Å². The minimum Gasteiger partial charge on any atom is -0.465 e. The molecule has 0 aliphatic rings. The lowest BCUT2D eigenvalue weighted by Crippen LogP contribution is -2.33. The van der Waals surface area contributed by atoms with Gasteiger partial charge in [0.2, 0.25) is 7.44 Å². The van der Waals surface area contributed by atoms with Crippen molar-refractivity contribution in [2.45, 2.75) is 34.1 Å². The van der Waals surface area contributed by atoms with Crippen molar-refractivity contribution in [3.05, 3.63) is 11.6 Å². The van der Waals surface area contributed by atoms with E-state index in [-0.39, 0.29) is 32.5 Å². The van der Waals surface area contributed by atoms with Gasteiger partial charge in [-0.25, -0.2) is 10.2 Å².